The molecule has 0 aromatic heterocycles. The summed E-state index contributed by atoms with van der Waals surface area (Å²) in [5.74, 6) is 1.43. The third-order valence-corrected chi connectivity index (χ3v) is 4.56. The van der Waals surface area contributed by atoms with E-state index in [0.29, 0.717) is 11.5 Å². The van der Waals surface area contributed by atoms with E-state index in [9.17, 15) is 14.3 Å². The molecule has 1 N–H and O–H groups in total. The van der Waals surface area contributed by atoms with Gasteiger partial charge in [0, 0.05) is 46.2 Å². The lowest BCUT2D eigenvalue weighted by Crippen LogP contribution is -2.29. The van der Waals surface area contributed by atoms with Gasteiger partial charge in [-0.3, -0.25) is 14.3 Å². The number of nitrogens with zero attached hydrogens (tertiary/aromatic N) is 1. The van der Waals surface area contributed by atoms with E-state index in [-0.39, 0.29) is 16.7 Å². The molecule has 0 spiro atoms. The second-order valence-corrected chi connectivity index (χ2v) is 6.22. The fourth-order valence-electron chi connectivity index (χ4n) is 2.04. The van der Waals surface area contributed by atoms with Gasteiger partial charge in [0.15, 0.2) is 0 Å². The summed E-state index contributed by atoms with van der Waals surface area (Å²) in [4.78, 5) is 10.3. The van der Waals surface area contributed by atoms with Crippen molar-refractivity contribution in [1.29, 1.82) is 0 Å². The van der Waals surface area contributed by atoms with E-state index < -0.39 is 10.8 Å². The smallest absolute Gasteiger partial charge is 0.271 e. The normalized spacial score (nSPS) is 23.6. The summed E-state index contributed by atoms with van der Waals surface area (Å²) in [6.45, 7) is 1.92. The average molecular weight is 268 g/mol. The molecule has 1 aromatic carbocycles. The summed E-state index contributed by atoms with van der Waals surface area (Å²) in [7, 11) is -0.684. The summed E-state index contributed by atoms with van der Waals surface area (Å²) in [6, 6.07) is 5.10. The molecule has 0 aliphatic carbocycles. The van der Waals surface area contributed by atoms with Crippen molar-refractivity contribution in [3.63, 3.8) is 0 Å². The Kier molecular flexibility index (Phi) is 3.96. The minimum atomic E-state index is -0.684. The minimum Gasteiger partial charge on any atom is -0.382 e. The Bertz CT molecular complexity index is 480. The van der Waals surface area contributed by atoms with Gasteiger partial charge in [-0.1, -0.05) is 6.07 Å². The number of nitrogens with one attached hydrogen (secondary N) is 1. The van der Waals surface area contributed by atoms with Crippen molar-refractivity contribution < 1.29 is 9.13 Å². The average Bonchev–Trinajstić information content (AvgIpc) is 2.34. The predicted molar refractivity (Wildman–Crippen MR) is 72.4 cm³/mol. The van der Waals surface area contributed by atoms with Crippen LogP contribution in [-0.2, 0) is 10.8 Å². The molecule has 0 atom stereocenters. The van der Waals surface area contributed by atoms with Crippen LogP contribution >= 0.6 is 0 Å². The number of nitro groups is 1. The molecule has 1 saturated heterocycles. The minimum absolute atomic E-state index is 0.0995. The molecule has 0 bridgehead atoms. The van der Waals surface area contributed by atoms with Gasteiger partial charge in [0.1, 0.15) is 0 Å². The van der Waals surface area contributed by atoms with Crippen LogP contribution in [0.3, 0.4) is 0 Å². The fraction of sp³-hybridized carbons (Fsp3) is 0.500. The summed E-state index contributed by atoms with van der Waals surface area (Å²) in [5, 5.41) is 14.1. The topological polar surface area (TPSA) is 72.2 Å². The van der Waals surface area contributed by atoms with Crippen LogP contribution in [0.1, 0.15) is 18.4 Å². The van der Waals surface area contributed by atoms with Gasteiger partial charge >= 0.3 is 0 Å². The first-order valence-corrected chi connectivity index (χ1v) is 7.41. The van der Waals surface area contributed by atoms with E-state index in [4.69, 9.17) is 0 Å². The van der Waals surface area contributed by atoms with Gasteiger partial charge in [-0.05, 0) is 25.3 Å². The van der Waals surface area contributed by atoms with Crippen LogP contribution in [-0.4, -0.2) is 26.7 Å². The largest absolute Gasteiger partial charge is 0.382 e. The van der Waals surface area contributed by atoms with Gasteiger partial charge in [-0.15, -0.1) is 0 Å². The van der Waals surface area contributed by atoms with Crippen LogP contribution in [0.2, 0.25) is 0 Å². The quantitative estimate of drug-likeness (QED) is 0.674. The number of aryl methyl sites for hydroxylation is 1. The van der Waals surface area contributed by atoms with Gasteiger partial charge in [0.25, 0.3) is 5.69 Å². The number of anilines is 1. The maximum Gasteiger partial charge on any atom is 0.271 e. The van der Waals surface area contributed by atoms with E-state index in [1.165, 1.54) is 6.07 Å². The zero-order chi connectivity index (χ0) is 13.1. The van der Waals surface area contributed by atoms with E-state index in [2.05, 4.69) is 5.32 Å². The molecule has 1 aliphatic rings. The lowest BCUT2D eigenvalue weighted by Gasteiger charge is -2.24. The van der Waals surface area contributed by atoms with Crippen molar-refractivity contribution in [2.75, 3.05) is 16.8 Å². The standard InChI is InChI=1S/C12H16N2O3S/c1-9-2-3-11(14(15)16)8-12(9)13-10-4-6-18(17)7-5-10/h2-3,8,10,13H,4-7H2,1H3. The van der Waals surface area contributed by atoms with Crippen molar-refractivity contribution in [3.05, 3.63) is 33.9 Å². The fourth-order valence-corrected chi connectivity index (χ4v) is 3.34. The second kappa shape index (κ2) is 5.48. The monoisotopic (exact) mass is 268 g/mol. The number of non-ortho nitro benzene ring substituents is 1. The van der Waals surface area contributed by atoms with Crippen molar-refractivity contribution in [3.8, 4) is 0 Å². The van der Waals surface area contributed by atoms with E-state index >= 15 is 0 Å². The molecule has 2 rings (SSSR count). The molecule has 1 heterocycles. The van der Waals surface area contributed by atoms with Crippen molar-refractivity contribution >= 4 is 22.2 Å². The van der Waals surface area contributed by atoms with Crippen LogP contribution in [0, 0.1) is 17.0 Å². The molecule has 98 valence electrons. The highest BCUT2D eigenvalue weighted by atomic mass is 32.2. The Balaban J connectivity index is 2.10. The van der Waals surface area contributed by atoms with Crippen LogP contribution < -0.4 is 5.32 Å². The Hall–Kier alpha value is -1.43. The maximum absolute atomic E-state index is 11.3. The second-order valence-electron chi connectivity index (χ2n) is 4.52. The Morgan fingerprint density at radius 3 is 2.67 bits per heavy atom. The highest BCUT2D eigenvalue weighted by Crippen LogP contribution is 2.24. The molecule has 0 unspecified atom stereocenters. The lowest BCUT2D eigenvalue weighted by atomic mass is 10.1. The molecule has 1 aliphatic heterocycles. The summed E-state index contributed by atoms with van der Waals surface area (Å²) in [6.07, 6.45) is 1.71. The third kappa shape index (κ3) is 3.07. The molecular weight excluding hydrogens is 252 g/mol. The molecule has 6 heteroatoms. The highest BCUT2D eigenvalue weighted by molar-refractivity contribution is 7.85. The van der Waals surface area contributed by atoms with Gasteiger partial charge < -0.3 is 5.32 Å². The highest BCUT2D eigenvalue weighted by Gasteiger charge is 2.19. The van der Waals surface area contributed by atoms with Crippen molar-refractivity contribution in [2.45, 2.75) is 25.8 Å². The number of hydrogen-bond donors (Lipinski definition) is 1. The molecule has 0 amide bonds. The molecule has 0 saturated carbocycles. The summed E-state index contributed by atoms with van der Waals surface area (Å²) >= 11 is 0. The molecule has 1 fully saturated rings. The number of benzene rings is 1. The van der Waals surface area contributed by atoms with Crippen LogP contribution in [0.4, 0.5) is 11.4 Å². The molecule has 0 radical (unpaired) electrons. The van der Waals surface area contributed by atoms with Crippen LogP contribution in [0.25, 0.3) is 0 Å². The first-order chi connectivity index (χ1) is 8.56. The van der Waals surface area contributed by atoms with Crippen LogP contribution in [0.5, 0.6) is 0 Å². The molecule has 18 heavy (non-hydrogen) atoms. The summed E-state index contributed by atoms with van der Waals surface area (Å²) in [5.41, 5.74) is 1.90. The van der Waals surface area contributed by atoms with E-state index in [1.807, 2.05) is 6.92 Å². The first kappa shape index (κ1) is 13.0. The third-order valence-electron chi connectivity index (χ3n) is 3.18. The van der Waals surface area contributed by atoms with Crippen molar-refractivity contribution in [1.82, 2.24) is 0 Å². The summed E-state index contributed by atoms with van der Waals surface area (Å²) < 4.78 is 11.3. The van der Waals surface area contributed by atoms with E-state index in [1.54, 1.807) is 12.1 Å². The van der Waals surface area contributed by atoms with Crippen molar-refractivity contribution in [2.24, 2.45) is 0 Å². The van der Waals surface area contributed by atoms with Gasteiger partial charge in [-0.2, -0.15) is 0 Å². The Morgan fingerprint density at radius 2 is 2.06 bits per heavy atom. The maximum atomic E-state index is 11.3. The van der Waals surface area contributed by atoms with Crippen LogP contribution in [0.15, 0.2) is 18.2 Å². The number of nitro benzene ring substituents is 1. The Labute approximate surface area is 108 Å². The molecular formula is C12H16N2O3S. The number of rotatable bonds is 3. The Morgan fingerprint density at radius 1 is 1.39 bits per heavy atom. The van der Waals surface area contributed by atoms with E-state index in [0.717, 1.165) is 24.1 Å². The SMILES string of the molecule is Cc1ccc([N+](=O)[O-])cc1NC1CCS(=O)CC1. The zero-order valence-corrected chi connectivity index (χ0v) is 11.0. The predicted octanol–water partition coefficient (Wildman–Crippen LogP) is 2.23. The lowest BCUT2D eigenvalue weighted by molar-refractivity contribution is -0.384. The number of hydrogen-bond acceptors (Lipinski definition) is 4. The molecule has 5 nitrogen and oxygen atoms in total. The molecule has 1 aromatic rings. The van der Waals surface area contributed by atoms with Gasteiger partial charge in [0.05, 0.1) is 4.92 Å². The van der Waals surface area contributed by atoms with Gasteiger partial charge in [-0.25, -0.2) is 0 Å². The van der Waals surface area contributed by atoms with Gasteiger partial charge in [0.2, 0.25) is 0 Å². The first-order valence-electron chi connectivity index (χ1n) is 5.93. The zero-order valence-electron chi connectivity index (χ0n) is 10.2.